The third kappa shape index (κ3) is 4.75. The van der Waals surface area contributed by atoms with Crippen molar-refractivity contribution in [2.24, 2.45) is 0 Å². The topological polar surface area (TPSA) is 48.7 Å². The van der Waals surface area contributed by atoms with E-state index in [-0.39, 0.29) is 11.4 Å². The normalized spacial score (nSPS) is 17.5. The number of hydrogen-bond acceptors (Lipinski definition) is 4. The van der Waals surface area contributed by atoms with Gasteiger partial charge in [-0.25, -0.2) is 4.39 Å². The fraction of sp³-hybridized carbons (Fsp3) is 0.421. The first-order valence-electron chi connectivity index (χ1n) is 8.66. The van der Waals surface area contributed by atoms with Gasteiger partial charge in [0.1, 0.15) is 5.82 Å². The molecule has 0 spiro atoms. The summed E-state index contributed by atoms with van der Waals surface area (Å²) in [6.45, 7) is 5.36. The predicted octanol–water partition coefficient (Wildman–Crippen LogP) is 1.34. The van der Waals surface area contributed by atoms with Gasteiger partial charge in [0.2, 0.25) is 0 Å². The van der Waals surface area contributed by atoms with Crippen LogP contribution in [0, 0.1) is 5.82 Å². The van der Waals surface area contributed by atoms with Crippen LogP contribution < -0.4 is 5.56 Å². The van der Waals surface area contributed by atoms with Crippen LogP contribution in [0.4, 0.5) is 4.39 Å². The lowest BCUT2D eigenvalue weighted by Gasteiger charge is -2.35. The fourth-order valence-corrected chi connectivity index (χ4v) is 3.18. The summed E-state index contributed by atoms with van der Waals surface area (Å²) in [5.74, 6) is -0.359. The van der Waals surface area contributed by atoms with Crippen LogP contribution in [0.1, 0.15) is 11.7 Å². The highest BCUT2D eigenvalue weighted by molar-refractivity contribution is 5.20. The van der Waals surface area contributed by atoms with E-state index in [0.29, 0.717) is 18.7 Å². The summed E-state index contributed by atoms with van der Waals surface area (Å²) in [5, 5.41) is 10.3. The molecule has 2 aromatic rings. The minimum Gasteiger partial charge on any atom is -0.387 e. The lowest BCUT2D eigenvalue weighted by molar-refractivity contribution is 0.0697. The molecule has 2 heterocycles. The highest BCUT2D eigenvalue weighted by atomic mass is 19.1. The van der Waals surface area contributed by atoms with Crippen LogP contribution in [-0.2, 0) is 6.54 Å². The molecule has 1 saturated heterocycles. The Kier molecular flexibility index (Phi) is 5.96. The van der Waals surface area contributed by atoms with E-state index in [0.717, 1.165) is 32.7 Å². The minimum absolute atomic E-state index is 0.0224. The molecule has 0 radical (unpaired) electrons. The van der Waals surface area contributed by atoms with E-state index >= 15 is 0 Å². The van der Waals surface area contributed by atoms with Crippen LogP contribution >= 0.6 is 0 Å². The van der Waals surface area contributed by atoms with E-state index in [1.165, 1.54) is 6.07 Å². The summed E-state index contributed by atoms with van der Waals surface area (Å²) in [6.07, 6.45) is 0.999. The van der Waals surface area contributed by atoms with Crippen molar-refractivity contribution < 1.29 is 9.50 Å². The second-order valence-corrected chi connectivity index (χ2v) is 6.41. The molecule has 1 fully saturated rings. The Bertz CT molecular complexity index is 741. The smallest absolute Gasteiger partial charge is 0.250 e. The summed E-state index contributed by atoms with van der Waals surface area (Å²) in [6, 6.07) is 11.6. The first kappa shape index (κ1) is 17.8. The van der Waals surface area contributed by atoms with Crippen molar-refractivity contribution >= 4 is 0 Å². The average molecular weight is 345 g/mol. The van der Waals surface area contributed by atoms with Crippen molar-refractivity contribution in [3.63, 3.8) is 0 Å². The van der Waals surface area contributed by atoms with Gasteiger partial charge in [0.05, 0.1) is 6.10 Å². The van der Waals surface area contributed by atoms with Gasteiger partial charge in [0, 0.05) is 63.6 Å². The monoisotopic (exact) mass is 345 g/mol. The van der Waals surface area contributed by atoms with Gasteiger partial charge in [0.25, 0.3) is 5.56 Å². The van der Waals surface area contributed by atoms with Gasteiger partial charge >= 0.3 is 0 Å². The number of β-amino-alcohol motifs (C(OH)–C–C–N with tert-alkyl or cyclic N) is 1. The summed E-state index contributed by atoms with van der Waals surface area (Å²) in [7, 11) is 0. The predicted molar refractivity (Wildman–Crippen MR) is 94.9 cm³/mol. The van der Waals surface area contributed by atoms with Gasteiger partial charge < -0.3 is 9.67 Å². The zero-order valence-corrected chi connectivity index (χ0v) is 14.2. The number of aliphatic hydroxyl groups excluding tert-OH is 1. The lowest BCUT2D eigenvalue weighted by atomic mass is 10.1. The molecule has 1 aromatic carbocycles. The van der Waals surface area contributed by atoms with E-state index in [2.05, 4.69) is 9.80 Å². The number of rotatable bonds is 6. The Labute approximate surface area is 146 Å². The molecule has 0 aliphatic carbocycles. The Hall–Kier alpha value is -2.02. The SMILES string of the molecule is O=c1ccccn1CCN1CCN(C[C@@H](O)c2ccccc2F)CC1. The maximum Gasteiger partial charge on any atom is 0.250 e. The van der Waals surface area contributed by atoms with Crippen molar-refractivity contribution in [3.05, 3.63) is 70.4 Å². The molecule has 3 rings (SSSR count). The molecule has 1 N–H and O–H groups in total. The van der Waals surface area contributed by atoms with Gasteiger partial charge in [-0.15, -0.1) is 0 Å². The standard InChI is InChI=1S/C19H24FN3O2/c20-17-6-2-1-5-16(17)18(24)15-22-11-9-21(10-12-22)13-14-23-8-4-3-7-19(23)25/h1-8,18,24H,9-15H2/t18-/m1/s1. The molecule has 0 saturated carbocycles. The number of aromatic nitrogens is 1. The molecule has 0 bridgehead atoms. The molecule has 1 atom stereocenters. The molecule has 1 aliphatic heterocycles. The van der Waals surface area contributed by atoms with Gasteiger partial charge in [-0.05, 0) is 12.1 Å². The highest BCUT2D eigenvalue weighted by Crippen LogP contribution is 2.18. The van der Waals surface area contributed by atoms with E-state index in [1.54, 1.807) is 34.9 Å². The maximum atomic E-state index is 13.7. The number of benzene rings is 1. The van der Waals surface area contributed by atoms with Gasteiger partial charge in [-0.2, -0.15) is 0 Å². The molecule has 134 valence electrons. The molecule has 0 unspecified atom stereocenters. The van der Waals surface area contributed by atoms with E-state index in [9.17, 15) is 14.3 Å². The molecule has 1 aromatic heterocycles. The van der Waals surface area contributed by atoms with E-state index < -0.39 is 6.10 Å². The number of halogens is 1. The molecule has 0 amide bonds. The zero-order chi connectivity index (χ0) is 17.6. The quantitative estimate of drug-likeness (QED) is 0.858. The summed E-state index contributed by atoms with van der Waals surface area (Å²) in [4.78, 5) is 16.2. The van der Waals surface area contributed by atoms with Crippen molar-refractivity contribution in [1.29, 1.82) is 0 Å². The Morgan fingerprint density at radius 3 is 2.36 bits per heavy atom. The summed E-state index contributed by atoms with van der Waals surface area (Å²) in [5.41, 5.74) is 0.377. The summed E-state index contributed by atoms with van der Waals surface area (Å²) >= 11 is 0. The van der Waals surface area contributed by atoms with Crippen LogP contribution in [0.15, 0.2) is 53.5 Å². The zero-order valence-electron chi connectivity index (χ0n) is 14.2. The Morgan fingerprint density at radius 1 is 0.960 bits per heavy atom. The molecular weight excluding hydrogens is 321 g/mol. The molecule has 5 nitrogen and oxygen atoms in total. The third-order valence-electron chi connectivity index (χ3n) is 4.72. The second-order valence-electron chi connectivity index (χ2n) is 6.41. The summed E-state index contributed by atoms with van der Waals surface area (Å²) < 4.78 is 15.5. The fourth-order valence-electron chi connectivity index (χ4n) is 3.18. The van der Waals surface area contributed by atoms with Crippen molar-refractivity contribution in [1.82, 2.24) is 14.4 Å². The largest absolute Gasteiger partial charge is 0.387 e. The molecule has 25 heavy (non-hydrogen) atoms. The first-order valence-corrected chi connectivity index (χ1v) is 8.66. The Morgan fingerprint density at radius 2 is 1.64 bits per heavy atom. The highest BCUT2D eigenvalue weighted by Gasteiger charge is 2.21. The number of aliphatic hydroxyl groups is 1. The van der Waals surface area contributed by atoms with Crippen molar-refractivity contribution in [3.8, 4) is 0 Å². The average Bonchev–Trinajstić information content (AvgIpc) is 2.62. The maximum absolute atomic E-state index is 13.7. The molecular formula is C19H24FN3O2. The molecule has 6 heteroatoms. The van der Waals surface area contributed by atoms with E-state index in [1.807, 2.05) is 12.3 Å². The number of hydrogen-bond donors (Lipinski definition) is 1. The van der Waals surface area contributed by atoms with Crippen molar-refractivity contribution in [2.45, 2.75) is 12.6 Å². The number of nitrogens with zero attached hydrogens (tertiary/aromatic N) is 3. The lowest BCUT2D eigenvalue weighted by Crippen LogP contribution is -2.48. The van der Waals surface area contributed by atoms with Crippen LogP contribution in [0.3, 0.4) is 0 Å². The van der Waals surface area contributed by atoms with Gasteiger partial charge in [0.15, 0.2) is 0 Å². The van der Waals surface area contributed by atoms with Crippen LogP contribution in [0.5, 0.6) is 0 Å². The van der Waals surface area contributed by atoms with Crippen molar-refractivity contribution in [2.75, 3.05) is 39.3 Å². The molecule has 1 aliphatic rings. The van der Waals surface area contributed by atoms with Crippen LogP contribution in [0.25, 0.3) is 0 Å². The second kappa shape index (κ2) is 8.38. The van der Waals surface area contributed by atoms with Crippen LogP contribution in [-0.4, -0.2) is 58.7 Å². The van der Waals surface area contributed by atoms with E-state index in [4.69, 9.17) is 0 Å². The van der Waals surface area contributed by atoms with Crippen LogP contribution in [0.2, 0.25) is 0 Å². The Balaban J connectivity index is 1.45. The number of piperazine rings is 1. The number of pyridine rings is 1. The minimum atomic E-state index is -0.810. The van der Waals surface area contributed by atoms with Gasteiger partial charge in [-0.1, -0.05) is 24.3 Å². The third-order valence-corrected chi connectivity index (χ3v) is 4.72. The van der Waals surface area contributed by atoms with Gasteiger partial charge in [-0.3, -0.25) is 14.6 Å². The first-order chi connectivity index (χ1) is 12.1.